The van der Waals surface area contributed by atoms with Crippen LogP contribution in [0.5, 0.6) is 0 Å². The summed E-state index contributed by atoms with van der Waals surface area (Å²) < 4.78 is 0. The smallest absolute Gasteiger partial charge is 0.229 e. The van der Waals surface area contributed by atoms with Gasteiger partial charge in [0.15, 0.2) is 5.78 Å². The molecule has 0 saturated carbocycles. The lowest BCUT2D eigenvalue weighted by Crippen LogP contribution is -2.41. The molecule has 0 aliphatic carbocycles. The van der Waals surface area contributed by atoms with E-state index in [1.54, 1.807) is 18.2 Å². The van der Waals surface area contributed by atoms with Gasteiger partial charge in [0.2, 0.25) is 11.8 Å². The molecule has 2 amide bonds. The average molecular weight is 461 g/mol. The van der Waals surface area contributed by atoms with Gasteiger partial charge in [0.05, 0.1) is 5.02 Å². The Morgan fingerprint density at radius 1 is 0.939 bits per heavy atom. The number of piperidine rings is 1. The van der Waals surface area contributed by atoms with Crippen molar-refractivity contribution in [1.29, 1.82) is 0 Å². The highest BCUT2D eigenvalue weighted by molar-refractivity contribution is 6.35. The number of ketones is 1. The van der Waals surface area contributed by atoms with E-state index >= 15 is 0 Å². The Bertz CT molecular complexity index is 1210. The number of carbonyl (C=O) groups is 3. The van der Waals surface area contributed by atoms with Gasteiger partial charge in [-0.05, 0) is 55.2 Å². The van der Waals surface area contributed by atoms with Crippen LogP contribution in [0.4, 0.5) is 11.4 Å². The second-order valence-electron chi connectivity index (χ2n) is 8.16. The first-order valence-corrected chi connectivity index (χ1v) is 11.4. The Hall–Kier alpha value is -3.44. The van der Waals surface area contributed by atoms with Gasteiger partial charge in [-0.3, -0.25) is 19.3 Å². The third-order valence-electron chi connectivity index (χ3n) is 5.89. The fourth-order valence-electron chi connectivity index (χ4n) is 4.05. The molecule has 0 bridgehead atoms. The maximum absolute atomic E-state index is 12.9. The lowest BCUT2D eigenvalue weighted by atomic mass is 9.99. The maximum atomic E-state index is 12.9. The van der Waals surface area contributed by atoms with E-state index in [0.717, 1.165) is 22.5 Å². The van der Waals surface area contributed by atoms with Crippen LogP contribution >= 0.6 is 11.6 Å². The molecule has 1 N–H and O–H groups in total. The average Bonchev–Trinajstić information content (AvgIpc) is 2.80. The van der Waals surface area contributed by atoms with Crippen LogP contribution in [0.3, 0.4) is 0 Å². The third kappa shape index (κ3) is 5.15. The summed E-state index contributed by atoms with van der Waals surface area (Å²) in [4.78, 5) is 38.5. The zero-order chi connectivity index (χ0) is 23.4. The minimum Gasteiger partial charge on any atom is -0.355 e. The molecule has 1 fully saturated rings. The summed E-state index contributed by atoms with van der Waals surface area (Å²) in [6.07, 6.45) is 2.04. The second kappa shape index (κ2) is 10.0. The van der Waals surface area contributed by atoms with Gasteiger partial charge in [-0.1, -0.05) is 54.1 Å². The van der Waals surface area contributed by atoms with Crippen molar-refractivity contribution >= 4 is 40.6 Å². The van der Waals surface area contributed by atoms with Gasteiger partial charge >= 0.3 is 0 Å². The Labute approximate surface area is 198 Å². The molecule has 1 aliphatic heterocycles. The number of amides is 2. The number of imide groups is 1. The van der Waals surface area contributed by atoms with E-state index in [-0.39, 0.29) is 17.6 Å². The number of likely N-dealkylation sites (tertiary alicyclic amines) is 1. The van der Waals surface area contributed by atoms with E-state index in [1.165, 1.54) is 4.90 Å². The number of para-hydroxylation sites is 1. The first kappa shape index (κ1) is 22.7. The number of rotatable bonds is 7. The number of aryl methyl sites for hydroxylation is 1. The maximum Gasteiger partial charge on any atom is 0.229 e. The van der Waals surface area contributed by atoms with Crippen molar-refractivity contribution < 1.29 is 14.4 Å². The summed E-state index contributed by atoms with van der Waals surface area (Å²) in [6, 6.07) is 20.5. The summed E-state index contributed by atoms with van der Waals surface area (Å²) in [5, 5.41) is 3.73. The molecule has 0 unspecified atom stereocenters. The van der Waals surface area contributed by atoms with Crippen LogP contribution in [-0.4, -0.2) is 29.0 Å². The summed E-state index contributed by atoms with van der Waals surface area (Å²) in [6.45, 7) is 2.26. The van der Waals surface area contributed by atoms with Crippen molar-refractivity contribution in [2.45, 2.75) is 32.6 Å². The zero-order valence-corrected chi connectivity index (χ0v) is 19.2. The molecule has 5 nitrogen and oxygen atoms in total. The lowest BCUT2D eigenvalue weighted by molar-refractivity contribution is -0.147. The Morgan fingerprint density at radius 3 is 2.36 bits per heavy atom. The van der Waals surface area contributed by atoms with Crippen LogP contribution in [0.15, 0.2) is 66.7 Å². The number of benzene rings is 3. The standard InChI is InChI=1S/C27H25ClN2O3/c1-18-7-2-4-9-21(18)27(33)22-14-13-20(17-23(22)28)29-24-10-5-3-8-19(24)15-16-30-25(31)11-6-12-26(30)32/h2-5,7-10,13-14,17,29H,6,11-12,15-16H2,1H3. The fraction of sp³-hybridized carbons (Fsp3) is 0.222. The normalized spacial score (nSPS) is 13.8. The van der Waals surface area contributed by atoms with Crippen LogP contribution in [0.2, 0.25) is 5.02 Å². The molecular formula is C27H25ClN2O3. The molecule has 0 spiro atoms. The van der Waals surface area contributed by atoms with Crippen LogP contribution in [0.1, 0.15) is 46.3 Å². The molecule has 1 saturated heterocycles. The van der Waals surface area contributed by atoms with Gasteiger partial charge in [0.25, 0.3) is 0 Å². The van der Waals surface area contributed by atoms with Crippen molar-refractivity contribution in [2.75, 3.05) is 11.9 Å². The van der Waals surface area contributed by atoms with Crippen LogP contribution in [0.25, 0.3) is 0 Å². The molecule has 168 valence electrons. The van der Waals surface area contributed by atoms with E-state index < -0.39 is 0 Å². The number of nitrogens with zero attached hydrogens (tertiary/aromatic N) is 1. The summed E-state index contributed by atoms with van der Waals surface area (Å²) in [5.41, 5.74) is 4.58. The quantitative estimate of drug-likeness (QED) is 0.362. The van der Waals surface area contributed by atoms with E-state index in [2.05, 4.69) is 5.32 Å². The summed E-state index contributed by atoms with van der Waals surface area (Å²) in [5.74, 6) is -0.310. The zero-order valence-electron chi connectivity index (χ0n) is 18.4. The molecular weight excluding hydrogens is 436 g/mol. The number of carbonyl (C=O) groups excluding carboxylic acids is 3. The van der Waals surface area contributed by atoms with Crippen molar-refractivity contribution in [3.63, 3.8) is 0 Å². The molecule has 4 rings (SSSR count). The minimum atomic E-state index is -0.110. The predicted molar refractivity (Wildman–Crippen MR) is 130 cm³/mol. The molecule has 0 radical (unpaired) electrons. The highest BCUT2D eigenvalue weighted by atomic mass is 35.5. The number of hydrogen-bond donors (Lipinski definition) is 1. The first-order chi connectivity index (χ1) is 15.9. The number of anilines is 2. The molecule has 6 heteroatoms. The minimum absolute atomic E-state index is 0.0996. The second-order valence-corrected chi connectivity index (χ2v) is 8.57. The monoisotopic (exact) mass is 460 g/mol. The number of hydrogen-bond acceptors (Lipinski definition) is 4. The first-order valence-electron chi connectivity index (χ1n) is 11.0. The number of nitrogens with one attached hydrogen (secondary N) is 1. The Morgan fingerprint density at radius 2 is 1.64 bits per heavy atom. The lowest BCUT2D eigenvalue weighted by Gasteiger charge is -2.25. The van der Waals surface area contributed by atoms with E-state index in [1.807, 2.05) is 55.5 Å². The van der Waals surface area contributed by atoms with E-state index in [0.29, 0.717) is 48.4 Å². The number of halogens is 1. The molecule has 33 heavy (non-hydrogen) atoms. The van der Waals surface area contributed by atoms with Crippen molar-refractivity contribution in [3.8, 4) is 0 Å². The molecule has 1 aliphatic rings. The van der Waals surface area contributed by atoms with Gasteiger partial charge < -0.3 is 5.32 Å². The van der Waals surface area contributed by atoms with Gasteiger partial charge in [-0.15, -0.1) is 0 Å². The molecule has 0 atom stereocenters. The van der Waals surface area contributed by atoms with Gasteiger partial charge in [0.1, 0.15) is 0 Å². The largest absolute Gasteiger partial charge is 0.355 e. The molecule has 0 aromatic heterocycles. The van der Waals surface area contributed by atoms with Crippen molar-refractivity contribution in [3.05, 3.63) is 94.0 Å². The molecule has 3 aromatic carbocycles. The van der Waals surface area contributed by atoms with E-state index in [9.17, 15) is 14.4 Å². The van der Waals surface area contributed by atoms with Gasteiger partial charge in [-0.2, -0.15) is 0 Å². The Kier molecular flexibility index (Phi) is 6.90. The third-order valence-corrected chi connectivity index (χ3v) is 6.20. The van der Waals surface area contributed by atoms with E-state index in [4.69, 9.17) is 11.6 Å². The predicted octanol–water partition coefficient (Wildman–Crippen LogP) is 5.70. The van der Waals surface area contributed by atoms with Crippen LogP contribution in [-0.2, 0) is 16.0 Å². The Balaban J connectivity index is 1.50. The SMILES string of the molecule is Cc1ccccc1C(=O)c1ccc(Nc2ccccc2CCN2C(=O)CCCC2=O)cc1Cl. The van der Waals surface area contributed by atoms with Crippen molar-refractivity contribution in [2.24, 2.45) is 0 Å². The topological polar surface area (TPSA) is 66.5 Å². The van der Waals surface area contributed by atoms with Gasteiger partial charge in [0, 0.05) is 41.9 Å². The highest BCUT2D eigenvalue weighted by Crippen LogP contribution is 2.28. The van der Waals surface area contributed by atoms with Crippen LogP contribution < -0.4 is 5.32 Å². The summed E-state index contributed by atoms with van der Waals surface area (Å²) in [7, 11) is 0. The van der Waals surface area contributed by atoms with Gasteiger partial charge in [-0.25, -0.2) is 0 Å². The van der Waals surface area contributed by atoms with Crippen LogP contribution in [0, 0.1) is 6.92 Å². The molecule has 3 aromatic rings. The molecule has 1 heterocycles. The van der Waals surface area contributed by atoms with Crippen molar-refractivity contribution in [1.82, 2.24) is 4.90 Å². The fourth-order valence-corrected chi connectivity index (χ4v) is 4.31. The highest BCUT2D eigenvalue weighted by Gasteiger charge is 2.25. The summed E-state index contributed by atoms with van der Waals surface area (Å²) >= 11 is 6.48.